The summed E-state index contributed by atoms with van der Waals surface area (Å²) < 4.78 is 121. The number of hydrogen-bond acceptors (Lipinski definition) is 19. The van der Waals surface area contributed by atoms with Crippen LogP contribution < -0.4 is 119 Å². The fraction of sp³-hybridized carbons (Fsp3) is 0.158. The summed E-state index contributed by atoms with van der Waals surface area (Å²) in [4.78, 5) is 34.5. The summed E-state index contributed by atoms with van der Waals surface area (Å²) in [5, 5.41) is 19.6. The zero-order valence-corrected chi connectivity index (χ0v) is 69.6. The summed E-state index contributed by atoms with van der Waals surface area (Å²) in [6, 6.07) is 47.7. The van der Waals surface area contributed by atoms with Gasteiger partial charge in [-0.1, -0.05) is 5.04 Å². The molecule has 12 aromatic rings. The van der Waals surface area contributed by atoms with Crippen LogP contribution in [0.1, 0.15) is 79.9 Å². The first-order valence-electron chi connectivity index (χ1n) is 32.7. The van der Waals surface area contributed by atoms with E-state index in [1.807, 2.05) is 140 Å². The van der Waals surface area contributed by atoms with Gasteiger partial charge in [0, 0.05) is 0 Å². The Morgan fingerprint density at radius 3 is 1.36 bits per heavy atom. The standard InChI is InChI=1S/C76H56N8O10S2.In.3Na.H2O4S.3H/c1-5-9-37-89-65-51-25-17-19-27-53(51)67(91-39-11-7-3)63-61(65)74-80-70-56-42-46-22-14-16-24-50(46)58(44-31-35-48(36-32-44)96(86,87)88)60(56)72(78-70)82-76-64-62(66(90-38-10-6-2)52-26-18-20-28-54(52)68(64)92-40-12-8-4)73(84-76)79-69-55-41-45-21-13-15-23-49(45)57(59(55)71(77-69)81-75(63)83-74)43-29-33-47(34-30-43)95-94-93-85;;;;;1-5(2,3)4;;;/h13-36,41-42H,6-7,10-11,37-40H2,1-4H3,(H2-2,77,78,79,80,81,82,83,84,85,86,87,88);;;;;(H2,1,2,3,4);;;/q-2;+3;3*+1;;3*-1/p-1. The Kier molecular flexibility index (Phi) is 22.8. The van der Waals surface area contributed by atoms with Crippen LogP contribution >= 0.6 is 12.0 Å². The molecule has 105 heavy (non-hydrogen) atoms. The summed E-state index contributed by atoms with van der Waals surface area (Å²) in [7, 11) is -10.3. The molecular weight excluding hydrogens is 1530 g/mol. The van der Waals surface area contributed by atoms with E-state index in [0.717, 1.165) is 41.0 Å². The Bertz CT molecular complexity index is 6290. The summed E-state index contributed by atoms with van der Waals surface area (Å²) in [5.41, 5.74) is 4.37. The number of aliphatic imine (C=N–C) groups is 4. The van der Waals surface area contributed by atoms with Crippen LogP contribution in [-0.2, 0) is 32.2 Å². The molecule has 29 heteroatoms. The molecule has 16 rings (SSSR count). The van der Waals surface area contributed by atoms with Gasteiger partial charge in [-0.25, -0.2) is 5.26 Å². The van der Waals surface area contributed by atoms with Crippen LogP contribution in [0, 0.1) is 23.7 Å². The minimum absolute atomic E-state index is 0. The molecule has 3 N–H and O–H groups in total. The van der Waals surface area contributed by atoms with Crippen LogP contribution in [0.25, 0.3) is 86.9 Å². The normalized spacial score (nSPS) is 13.1. The number of unbranched alkanes of at least 4 members (excludes halogenated alkanes) is 2. The van der Waals surface area contributed by atoms with Crippen molar-refractivity contribution in [3.63, 3.8) is 0 Å². The van der Waals surface area contributed by atoms with Crippen molar-refractivity contribution < 1.29 is 155 Å². The van der Waals surface area contributed by atoms with Crippen molar-refractivity contribution in [2.45, 2.75) is 63.2 Å². The maximum absolute atomic E-state index is 14.8. The van der Waals surface area contributed by atoms with E-state index in [0.29, 0.717) is 106 Å². The van der Waals surface area contributed by atoms with Crippen LogP contribution in [-0.4, -0.2) is 109 Å². The van der Waals surface area contributed by atoms with Crippen molar-refractivity contribution >= 4 is 155 Å². The topological polar surface area (TPSA) is 278 Å². The largest absolute Gasteiger partial charge is 1.00 e. The molecule has 6 bridgehead atoms. The maximum atomic E-state index is 14.8. The van der Waals surface area contributed by atoms with Gasteiger partial charge in [0.1, 0.15) is 0 Å². The first-order chi connectivity index (χ1) is 49.7. The van der Waals surface area contributed by atoms with Gasteiger partial charge in [0.15, 0.2) is 0 Å². The van der Waals surface area contributed by atoms with Crippen LogP contribution in [0.15, 0.2) is 197 Å². The predicted molar refractivity (Wildman–Crippen MR) is 397 cm³/mol. The van der Waals surface area contributed by atoms with Gasteiger partial charge in [-0.05, 0) is 0 Å². The average molecular weight is 1590 g/mol. The van der Waals surface area contributed by atoms with Gasteiger partial charge in [-0.2, -0.15) is 0 Å². The molecule has 0 spiro atoms. The fourth-order valence-corrected chi connectivity index (χ4v) is 23.6. The summed E-state index contributed by atoms with van der Waals surface area (Å²) in [6.45, 7) is 7.64. The molecule has 0 aliphatic carbocycles. The number of nitrogens with zero attached hydrogens (tertiary/aromatic N) is 8. The number of amidine groups is 4. The number of aromatic nitrogens is 2. The second kappa shape index (κ2) is 31.6. The Balaban J connectivity index is 0.00000207. The van der Waals surface area contributed by atoms with Crippen molar-refractivity contribution in [2.75, 3.05) is 26.4 Å². The Morgan fingerprint density at radius 1 is 0.486 bits per heavy atom. The van der Waals surface area contributed by atoms with Gasteiger partial charge in [-0.3, -0.25) is 0 Å². The third-order valence-corrected chi connectivity index (χ3v) is 28.9. The van der Waals surface area contributed by atoms with Crippen LogP contribution in [0.3, 0.4) is 0 Å². The van der Waals surface area contributed by atoms with E-state index in [2.05, 4.69) is 35.6 Å². The molecule has 4 aliphatic rings. The molecule has 0 saturated carbocycles. The molecule has 0 unspecified atom stereocenters. The number of fused-ring (bicyclic) bond motifs is 18. The van der Waals surface area contributed by atoms with E-state index in [9.17, 15) is 25.9 Å². The van der Waals surface area contributed by atoms with E-state index in [1.54, 1.807) is 31.1 Å². The monoisotopic (exact) mass is 1590 g/mol. The van der Waals surface area contributed by atoms with Gasteiger partial charge in [0.2, 0.25) is 0 Å². The SMILES string of the molecule is CC#CCOc1c2ccccc2c(OCCCC)c2c3[n]4c(c12)N=C1N=C(N=c2c5c(OCC#CC)c6ccccc6c(OCCCC)c5c([n]2[In]4[O]S(=O)(=O)O)=NC2=NC(=N3)c3c2cc2ccccc2c3-c2ccc(SOOO)cc2)c2c1cc1ccccc1c2-c1ccc(S(=O)(=O)O)cc1.[H-].[H-].[H-].[Na+].[Na+].[Na+]. The second-order valence-electron chi connectivity index (χ2n) is 24.1. The van der Waals surface area contributed by atoms with Gasteiger partial charge >= 0.3 is 679 Å². The number of benzene rings is 10. The molecular formula is C76H60InN8Na3O14S3. The quantitative estimate of drug-likeness (QED) is 0.0153. The van der Waals surface area contributed by atoms with E-state index in [1.165, 1.54) is 12.1 Å². The molecule has 22 nitrogen and oxygen atoms in total. The maximum Gasteiger partial charge on any atom is 1.00 e. The van der Waals surface area contributed by atoms with Crippen molar-refractivity contribution in [3.8, 4) is 68.9 Å². The molecule has 6 heterocycles. The van der Waals surface area contributed by atoms with Crippen LogP contribution in [0.4, 0.5) is 11.6 Å². The van der Waals surface area contributed by atoms with Crippen LogP contribution in [0.5, 0.6) is 23.0 Å². The van der Waals surface area contributed by atoms with Crippen molar-refractivity contribution in [1.29, 1.82) is 0 Å². The van der Waals surface area contributed by atoms with Gasteiger partial charge in [0.25, 0.3) is 0 Å². The van der Waals surface area contributed by atoms with Crippen molar-refractivity contribution in [3.05, 3.63) is 191 Å². The minimum atomic E-state index is -5.98. The molecule has 10 aromatic carbocycles. The number of rotatable bonds is 20. The zero-order valence-electron chi connectivity index (χ0n) is 60.9. The molecule has 0 radical (unpaired) electrons. The number of hydrogen-bond donors (Lipinski definition) is 3. The summed E-state index contributed by atoms with van der Waals surface area (Å²) in [5.74, 6) is 13.7. The zero-order chi connectivity index (χ0) is 70.1. The average Bonchev–Trinajstić information content (AvgIpc) is 1.52. The van der Waals surface area contributed by atoms with Crippen molar-refractivity contribution in [1.82, 2.24) is 5.11 Å². The third kappa shape index (κ3) is 13.7. The second-order valence-corrected chi connectivity index (χ2v) is 33.8. The Morgan fingerprint density at radius 2 is 0.895 bits per heavy atom. The molecule has 2 aromatic heterocycles. The fourth-order valence-electron chi connectivity index (χ4n) is 13.9. The van der Waals surface area contributed by atoms with E-state index in [4.69, 9.17) is 60.8 Å². The van der Waals surface area contributed by atoms with E-state index < -0.39 is 43.0 Å². The smallest absolute Gasteiger partial charge is 1.00 e. The molecule has 512 valence electrons. The summed E-state index contributed by atoms with van der Waals surface area (Å²) in [6.07, 6.45) is 2.72. The third-order valence-electron chi connectivity index (χ3n) is 18.2. The predicted octanol–water partition coefficient (Wildman–Crippen LogP) is 5.87. The first-order valence-corrected chi connectivity index (χ1v) is 40.5. The molecule has 0 amide bonds. The van der Waals surface area contributed by atoms with E-state index in [-0.39, 0.29) is 198 Å². The van der Waals surface area contributed by atoms with Gasteiger partial charge in [-0.15, -0.1) is 0 Å². The van der Waals surface area contributed by atoms with Crippen molar-refractivity contribution in [2.24, 2.45) is 30.0 Å². The molecule has 4 aliphatic heterocycles. The Labute approximate surface area is 686 Å². The van der Waals surface area contributed by atoms with Crippen LogP contribution in [0.2, 0.25) is 0 Å². The van der Waals surface area contributed by atoms with Gasteiger partial charge < -0.3 is 4.28 Å². The molecule has 0 fully saturated rings. The molecule has 0 atom stereocenters. The number of ether oxygens (including phenoxy) is 4. The van der Waals surface area contributed by atoms with Gasteiger partial charge in [0.05, 0.1) is 0 Å². The minimum Gasteiger partial charge on any atom is -1.00 e. The van der Waals surface area contributed by atoms with E-state index >= 15 is 0 Å². The Hall–Kier alpha value is -7.20. The summed E-state index contributed by atoms with van der Waals surface area (Å²) >= 11 is -5.18. The first kappa shape index (κ1) is 76.0. The molecule has 0 saturated heterocycles.